The van der Waals surface area contributed by atoms with E-state index in [-0.39, 0.29) is 12.5 Å². The molecule has 3 heteroatoms. The summed E-state index contributed by atoms with van der Waals surface area (Å²) in [5.74, 6) is 2.00. The molecule has 0 heterocycles. The Kier molecular flexibility index (Phi) is 8.08. The molecule has 0 N–H and O–H groups in total. The SMILES string of the molecule is C=CC1CCC(C(OCc2ccc(C3CCC(CC)CC3)cc2)C(F)F)CC1. The predicted molar refractivity (Wildman–Crippen MR) is 112 cm³/mol. The molecule has 0 saturated heterocycles. The Morgan fingerprint density at radius 2 is 1.64 bits per heavy atom. The lowest BCUT2D eigenvalue weighted by Gasteiger charge is -2.32. The van der Waals surface area contributed by atoms with E-state index in [1.54, 1.807) is 0 Å². The summed E-state index contributed by atoms with van der Waals surface area (Å²) in [6, 6.07) is 8.50. The van der Waals surface area contributed by atoms with Crippen LogP contribution in [0.15, 0.2) is 36.9 Å². The van der Waals surface area contributed by atoms with E-state index in [1.807, 2.05) is 6.08 Å². The molecule has 0 radical (unpaired) electrons. The van der Waals surface area contributed by atoms with Crippen LogP contribution in [0.5, 0.6) is 0 Å². The molecule has 2 fully saturated rings. The third-order valence-electron chi connectivity index (χ3n) is 7.18. The van der Waals surface area contributed by atoms with E-state index < -0.39 is 12.5 Å². The number of benzene rings is 1. The maximum absolute atomic E-state index is 13.6. The van der Waals surface area contributed by atoms with Crippen molar-refractivity contribution in [1.82, 2.24) is 0 Å². The predicted octanol–water partition coefficient (Wildman–Crippen LogP) is 7.51. The van der Waals surface area contributed by atoms with Crippen LogP contribution >= 0.6 is 0 Å². The lowest BCUT2D eigenvalue weighted by molar-refractivity contribution is -0.101. The molecule has 28 heavy (non-hydrogen) atoms. The molecule has 156 valence electrons. The molecule has 0 amide bonds. The van der Waals surface area contributed by atoms with Gasteiger partial charge in [0.25, 0.3) is 6.43 Å². The minimum Gasteiger partial charge on any atom is -0.367 e. The van der Waals surface area contributed by atoms with Crippen LogP contribution in [-0.2, 0) is 11.3 Å². The van der Waals surface area contributed by atoms with Gasteiger partial charge in [-0.2, -0.15) is 0 Å². The average molecular weight is 391 g/mol. The fourth-order valence-electron chi connectivity index (χ4n) is 5.11. The fourth-order valence-corrected chi connectivity index (χ4v) is 5.11. The molecule has 0 aromatic heterocycles. The number of hydrogen-bond donors (Lipinski definition) is 0. The second kappa shape index (κ2) is 10.5. The van der Waals surface area contributed by atoms with E-state index in [4.69, 9.17) is 4.74 Å². The molecule has 1 atom stereocenters. The molecule has 1 unspecified atom stereocenters. The Labute approximate surface area is 169 Å². The van der Waals surface area contributed by atoms with Crippen LogP contribution in [0, 0.1) is 17.8 Å². The topological polar surface area (TPSA) is 9.23 Å². The molecule has 2 aliphatic carbocycles. The molecule has 1 aromatic carbocycles. The van der Waals surface area contributed by atoms with Crippen LogP contribution in [0.3, 0.4) is 0 Å². The zero-order chi connectivity index (χ0) is 19.9. The number of allylic oxidation sites excluding steroid dienone is 1. The van der Waals surface area contributed by atoms with Crippen molar-refractivity contribution in [3.63, 3.8) is 0 Å². The van der Waals surface area contributed by atoms with Crippen LogP contribution in [0.4, 0.5) is 8.78 Å². The van der Waals surface area contributed by atoms with Gasteiger partial charge in [0.15, 0.2) is 0 Å². The van der Waals surface area contributed by atoms with E-state index in [1.165, 1.54) is 37.7 Å². The number of alkyl halides is 2. The third-order valence-corrected chi connectivity index (χ3v) is 7.18. The van der Waals surface area contributed by atoms with E-state index >= 15 is 0 Å². The highest BCUT2D eigenvalue weighted by atomic mass is 19.3. The molecule has 2 aliphatic rings. The lowest BCUT2D eigenvalue weighted by atomic mass is 9.78. The first-order valence-corrected chi connectivity index (χ1v) is 11.2. The van der Waals surface area contributed by atoms with Crippen LogP contribution in [0.25, 0.3) is 0 Å². The Morgan fingerprint density at radius 3 is 2.18 bits per heavy atom. The summed E-state index contributed by atoms with van der Waals surface area (Å²) in [6.45, 7) is 6.40. The Hall–Kier alpha value is -1.22. The minimum absolute atomic E-state index is 0.0378. The van der Waals surface area contributed by atoms with Gasteiger partial charge in [0.1, 0.15) is 6.10 Å². The smallest absolute Gasteiger partial charge is 0.264 e. The highest BCUT2D eigenvalue weighted by Gasteiger charge is 2.33. The molecular weight excluding hydrogens is 354 g/mol. The van der Waals surface area contributed by atoms with Crippen LogP contribution < -0.4 is 0 Å². The van der Waals surface area contributed by atoms with E-state index in [0.717, 1.165) is 37.2 Å². The molecule has 0 bridgehead atoms. The van der Waals surface area contributed by atoms with Crippen LogP contribution in [0.2, 0.25) is 0 Å². The van der Waals surface area contributed by atoms with Crippen molar-refractivity contribution in [1.29, 1.82) is 0 Å². The van der Waals surface area contributed by atoms with E-state index in [2.05, 4.69) is 37.8 Å². The van der Waals surface area contributed by atoms with Gasteiger partial charge in [0.05, 0.1) is 6.61 Å². The first kappa shape index (κ1) is 21.5. The lowest BCUT2D eigenvalue weighted by Crippen LogP contribution is -2.33. The molecule has 0 spiro atoms. The Bertz CT molecular complexity index is 581. The molecule has 1 nitrogen and oxygen atoms in total. The van der Waals surface area contributed by atoms with E-state index in [9.17, 15) is 8.78 Å². The highest BCUT2D eigenvalue weighted by molar-refractivity contribution is 5.25. The maximum atomic E-state index is 13.6. The highest BCUT2D eigenvalue weighted by Crippen LogP contribution is 2.37. The van der Waals surface area contributed by atoms with Gasteiger partial charge in [-0.1, -0.05) is 43.7 Å². The van der Waals surface area contributed by atoms with Crippen molar-refractivity contribution in [3.8, 4) is 0 Å². The van der Waals surface area contributed by atoms with Crippen molar-refractivity contribution in [3.05, 3.63) is 48.0 Å². The second-order valence-electron chi connectivity index (χ2n) is 8.89. The van der Waals surface area contributed by atoms with E-state index in [0.29, 0.717) is 11.8 Å². The minimum atomic E-state index is -2.42. The van der Waals surface area contributed by atoms with Crippen molar-refractivity contribution < 1.29 is 13.5 Å². The molecule has 0 aliphatic heterocycles. The quantitative estimate of drug-likeness (QED) is 0.417. The number of halogens is 2. The summed E-state index contributed by atoms with van der Waals surface area (Å²) in [6.07, 6.45) is 8.63. The summed E-state index contributed by atoms with van der Waals surface area (Å²) >= 11 is 0. The normalized spacial score (nSPS) is 29.6. The molecule has 1 aromatic rings. The standard InChI is InChI=1S/C25H36F2O/c1-3-18-5-11-21(12-6-18)22-13-9-20(10-14-22)17-28-24(25(26)27)23-15-7-19(4-2)8-16-23/h4,9-10,13-14,18-19,21,23-25H,2-3,5-8,11-12,15-17H2,1H3. The van der Waals surface area contributed by atoms with Gasteiger partial charge < -0.3 is 4.74 Å². The van der Waals surface area contributed by atoms with Crippen molar-refractivity contribution >= 4 is 0 Å². The first-order valence-electron chi connectivity index (χ1n) is 11.2. The van der Waals surface area contributed by atoms with Gasteiger partial charge in [0, 0.05) is 0 Å². The summed E-state index contributed by atoms with van der Waals surface area (Å²) in [5, 5.41) is 0. The summed E-state index contributed by atoms with van der Waals surface area (Å²) in [4.78, 5) is 0. The largest absolute Gasteiger partial charge is 0.367 e. The molecule has 2 saturated carbocycles. The van der Waals surface area contributed by atoms with Crippen LogP contribution in [-0.4, -0.2) is 12.5 Å². The number of ether oxygens (including phenoxy) is 1. The monoisotopic (exact) mass is 390 g/mol. The Morgan fingerprint density at radius 1 is 1.00 bits per heavy atom. The van der Waals surface area contributed by atoms with Crippen molar-refractivity contribution in [2.45, 2.75) is 89.8 Å². The van der Waals surface area contributed by atoms with Gasteiger partial charge in [-0.15, -0.1) is 6.58 Å². The summed E-state index contributed by atoms with van der Waals surface area (Å²) in [5.41, 5.74) is 2.39. The fraction of sp³-hybridized carbons (Fsp3) is 0.680. The number of rotatable bonds is 8. The second-order valence-corrected chi connectivity index (χ2v) is 8.89. The van der Waals surface area contributed by atoms with Crippen molar-refractivity contribution in [2.75, 3.05) is 0 Å². The third kappa shape index (κ3) is 5.65. The number of hydrogen-bond acceptors (Lipinski definition) is 1. The van der Waals surface area contributed by atoms with Gasteiger partial charge in [-0.25, -0.2) is 8.78 Å². The maximum Gasteiger partial charge on any atom is 0.264 e. The zero-order valence-corrected chi connectivity index (χ0v) is 17.3. The summed E-state index contributed by atoms with van der Waals surface area (Å²) < 4.78 is 32.9. The van der Waals surface area contributed by atoms with Gasteiger partial charge in [-0.3, -0.25) is 0 Å². The van der Waals surface area contributed by atoms with Gasteiger partial charge >= 0.3 is 0 Å². The van der Waals surface area contributed by atoms with Gasteiger partial charge in [-0.05, 0) is 86.2 Å². The average Bonchev–Trinajstić information content (AvgIpc) is 2.74. The van der Waals surface area contributed by atoms with Crippen LogP contribution in [0.1, 0.15) is 81.8 Å². The Balaban J connectivity index is 1.51. The molecule has 3 rings (SSSR count). The van der Waals surface area contributed by atoms with Gasteiger partial charge in [0.2, 0.25) is 0 Å². The zero-order valence-electron chi connectivity index (χ0n) is 17.3. The molecular formula is C25H36F2O. The first-order chi connectivity index (χ1) is 13.6. The summed E-state index contributed by atoms with van der Waals surface area (Å²) in [7, 11) is 0. The van der Waals surface area contributed by atoms with Crippen molar-refractivity contribution in [2.24, 2.45) is 17.8 Å².